The molecule has 1 fully saturated rings. The van der Waals surface area contributed by atoms with Gasteiger partial charge in [-0.05, 0) is 37.2 Å². The second-order valence-corrected chi connectivity index (χ2v) is 6.77. The molecule has 1 N–H and O–H groups in total. The lowest BCUT2D eigenvalue weighted by atomic mass is 10.2. The van der Waals surface area contributed by atoms with Gasteiger partial charge in [0.15, 0.2) is 0 Å². The minimum Gasteiger partial charge on any atom is -0.353 e. The van der Waals surface area contributed by atoms with Gasteiger partial charge >= 0.3 is 5.69 Å². The Bertz CT molecular complexity index is 1020. The Morgan fingerprint density at radius 3 is 2.70 bits per heavy atom. The van der Waals surface area contributed by atoms with Crippen LogP contribution >= 0.6 is 0 Å². The number of benzene rings is 1. The molecule has 1 aliphatic heterocycles. The summed E-state index contributed by atoms with van der Waals surface area (Å²) in [4.78, 5) is 24.0. The van der Waals surface area contributed by atoms with Crippen LogP contribution in [0.3, 0.4) is 0 Å². The van der Waals surface area contributed by atoms with E-state index in [1.165, 1.54) is 0 Å². The molecular weight excluding hydrogens is 340 g/mol. The number of aryl methyl sites for hydroxylation is 1. The molecule has 0 spiro atoms. The lowest BCUT2D eigenvalue weighted by Crippen LogP contribution is -2.47. The molecule has 1 aliphatic rings. The molecule has 138 valence electrons. The van der Waals surface area contributed by atoms with E-state index in [0.29, 0.717) is 12.1 Å². The highest BCUT2D eigenvalue weighted by Gasteiger charge is 2.19. The zero-order chi connectivity index (χ0) is 18.6. The van der Waals surface area contributed by atoms with Crippen molar-refractivity contribution in [2.45, 2.75) is 13.0 Å². The Morgan fingerprint density at radius 2 is 1.89 bits per heavy atom. The third-order valence-electron chi connectivity index (χ3n) is 5.12. The number of para-hydroxylation sites is 2. The van der Waals surface area contributed by atoms with Crippen molar-refractivity contribution in [3.8, 4) is 6.07 Å². The molecular formula is C20H22N6O. The number of H-pyrrole nitrogens is 1. The third-order valence-corrected chi connectivity index (χ3v) is 5.12. The fourth-order valence-electron chi connectivity index (χ4n) is 3.70. The number of hydrogen-bond donors (Lipinski definition) is 1. The number of nitriles is 1. The SMILES string of the molecule is N#Cc1cccnc1N1CCN(CCCn2c(=O)[nH]c3ccccc32)CC1. The molecule has 4 rings (SSSR count). The van der Waals surface area contributed by atoms with E-state index in [2.05, 4.69) is 25.8 Å². The number of nitrogens with zero attached hydrogens (tertiary/aromatic N) is 5. The maximum atomic E-state index is 12.1. The van der Waals surface area contributed by atoms with E-state index in [-0.39, 0.29) is 5.69 Å². The highest BCUT2D eigenvalue weighted by atomic mass is 16.1. The number of anilines is 1. The van der Waals surface area contributed by atoms with Crippen molar-refractivity contribution < 1.29 is 0 Å². The van der Waals surface area contributed by atoms with Crippen LogP contribution in [0.2, 0.25) is 0 Å². The van der Waals surface area contributed by atoms with E-state index in [1.807, 2.05) is 34.9 Å². The zero-order valence-corrected chi connectivity index (χ0v) is 15.1. The molecule has 7 heteroatoms. The molecule has 7 nitrogen and oxygen atoms in total. The summed E-state index contributed by atoms with van der Waals surface area (Å²) in [5, 5.41) is 9.25. The number of pyridine rings is 1. The van der Waals surface area contributed by atoms with E-state index in [9.17, 15) is 10.1 Å². The number of imidazole rings is 1. The van der Waals surface area contributed by atoms with Crippen molar-refractivity contribution in [2.24, 2.45) is 0 Å². The quantitative estimate of drug-likeness (QED) is 0.749. The number of hydrogen-bond acceptors (Lipinski definition) is 5. The van der Waals surface area contributed by atoms with Crippen molar-refractivity contribution in [1.82, 2.24) is 19.4 Å². The van der Waals surface area contributed by atoms with Gasteiger partial charge in [-0.25, -0.2) is 9.78 Å². The summed E-state index contributed by atoms with van der Waals surface area (Å²) >= 11 is 0. The average molecular weight is 362 g/mol. The summed E-state index contributed by atoms with van der Waals surface area (Å²) in [6.45, 7) is 5.25. The molecule has 0 aliphatic carbocycles. The minimum atomic E-state index is -0.0415. The van der Waals surface area contributed by atoms with E-state index in [0.717, 1.165) is 56.0 Å². The lowest BCUT2D eigenvalue weighted by molar-refractivity contribution is 0.250. The zero-order valence-electron chi connectivity index (χ0n) is 15.1. The number of aromatic nitrogens is 3. The van der Waals surface area contributed by atoms with Crippen molar-refractivity contribution in [1.29, 1.82) is 5.26 Å². The van der Waals surface area contributed by atoms with E-state index >= 15 is 0 Å². The summed E-state index contributed by atoms with van der Waals surface area (Å²) in [6.07, 6.45) is 2.66. The maximum absolute atomic E-state index is 12.1. The molecule has 1 aromatic carbocycles. The van der Waals surface area contributed by atoms with E-state index < -0.39 is 0 Å². The van der Waals surface area contributed by atoms with Gasteiger partial charge in [-0.1, -0.05) is 12.1 Å². The van der Waals surface area contributed by atoms with Gasteiger partial charge in [-0.2, -0.15) is 5.26 Å². The number of fused-ring (bicyclic) bond motifs is 1. The van der Waals surface area contributed by atoms with Crippen LogP contribution in [-0.2, 0) is 6.54 Å². The van der Waals surface area contributed by atoms with Crippen LogP contribution < -0.4 is 10.6 Å². The Morgan fingerprint density at radius 1 is 1.07 bits per heavy atom. The monoisotopic (exact) mass is 362 g/mol. The second-order valence-electron chi connectivity index (χ2n) is 6.77. The number of piperazine rings is 1. The van der Waals surface area contributed by atoms with E-state index in [4.69, 9.17) is 0 Å². The predicted molar refractivity (Wildman–Crippen MR) is 105 cm³/mol. The predicted octanol–water partition coefficient (Wildman–Crippen LogP) is 1.81. The summed E-state index contributed by atoms with van der Waals surface area (Å²) in [5.74, 6) is 0.782. The fraction of sp³-hybridized carbons (Fsp3) is 0.350. The second kappa shape index (κ2) is 7.64. The normalized spacial score (nSPS) is 15.1. The Kier molecular flexibility index (Phi) is 4.90. The summed E-state index contributed by atoms with van der Waals surface area (Å²) in [6, 6.07) is 13.6. The first-order chi connectivity index (χ1) is 13.3. The minimum absolute atomic E-state index is 0.0415. The van der Waals surface area contributed by atoms with Crippen LogP contribution in [0.5, 0.6) is 0 Å². The lowest BCUT2D eigenvalue weighted by Gasteiger charge is -2.35. The molecule has 2 aromatic heterocycles. The van der Waals surface area contributed by atoms with Crippen molar-refractivity contribution in [3.63, 3.8) is 0 Å². The van der Waals surface area contributed by atoms with Gasteiger partial charge in [-0.15, -0.1) is 0 Å². The van der Waals surface area contributed by atoms with Crippen LogP contribution in [0.25, 0.3) is 11.0 Å². The summed E-state index contributed by atoms with van der Waals surface area (Å²) < 4.78 is 1.82. The van der Waals surface area contributed by atoms with Gasteiger partial charge in [0.25, 0.3) is 0 Å². The van der Waals surface area contributed by atoms with Crippen LogP contribution in [-0.4, -0.2) is 52.2 Å². The van der Waals surface area contributed by atoms with Crippen molar-refractivity contribution in [3.05, 3.63) is 58.6 Å². The number of aromatic amines is 1. The first-order valence-electron chi connectivity index (χ1n) is 9.26. The standard InChI is InChI=1S/C20H22N6O/c21-15-16-5-3-8-22-19(16)25-13-11-24(12-14-25)9-4-10-26-18-7-2-1-6-17(18)23-20(26)27/h1-3,5-8H,4,9-14H2,(H,23,27). The Labute approximate surface area is 157 Å². The molecule has 0 atom stereocenters. The first kappa shape index (κ1) is 17.3. The highest BCUT2D eigenvalue weighted by Crippen LogP contribution is 2.18. The highest BCUT2D eigenvalue weighted by molar-refractivity contribution is 5.74. The molecule has 1 saturated heterocycles. The summed E-state index contributed by atoms with van der Waals surface area (Å²) in [7, 11) is 0. The largest absolute Gasteiger partial charge is 0.353 e. The number of nitrogens with one attached hydrogen (secondary N) is 1. The van der Waals surface area contributed by atoms with Gasteiger partial charge < -0.3 is 9.88 Å². The third kappa shape index (κ3) is 3.57. The Hall–Kier alpha value is -3.11. The van der Waals surface area contributed by atoms with E-state index in [1.54, 1.807) is 12.3 Å². The van der Waals surface area contributed by atoms with Gasteiger partial charge in [0.2, 0.25) is 0 Å². The summed E-state index contributed by atoms with van der Waals surface area (Å²) in [5.41, 5.74) is 2.44. The molecule has 0 amide bonds. The van der Waals surface area contributed by atoms with Crippen molar-refractivity contribution >= 4 is 16.9 Å². The average Bonchev–Trinajstić information content (AvgIpc) is 3.04. The topological polar surface area (TPSA) is 80.9 Å². The van der Waals surface area contributed by atoms with Crippen molar-refractivity contribution in [2.75, 3.05) is 37.6 Å². The van der Waals surface area contributed by atoms with Gasteiger partial charge in [0, 0.05) is 38.9 Å². The van der Waals surface area contributed by atoms with Gasteiger partial charge in [0.05, 0.1) is 16.6 Å². The first-order valence-corrected chi connectivity index (χ1v) is 9.26. The van der Waals surface area contributed by atoms with Gasteiger partial charge in [0.1, 0.15) is 11.9 Å². The molecule has 0 radical (unpaired) electrons. The number of rotatable bonds is 5. The molecule has 0 saturated carbocycles. The molecule has 3 heterocycles. The maximum Gasteiger partial charge on any atom is 0.326 e. The molecule has 3 aromatic rings. The van der Waals surface area contributed by atoms with Crippen LogP contribution in [0, 0.1) is 11.3 Å². The molecule has 0 unspecified atom stereocenters. The van der Waals surface area contributed by atoms with Crippen LogP contribution in [0.15, 0.2) is 47.4 Å². The smallest absolute Gasteiger partial charge is 0.326 e. The molecule has 0 bridgehead atoms. The van der Waals surface area contributed by atoms with Gasteiger partial charge in [-0.3, -0.25) is 9.47 Å². The molecule has 27 heavy (non-hydrogen) atoms. The van der Waals surface area contributed by atoms with Crippen LogP contribution in [0.4, 0.5) is 5.82 Å². The Balaban J connectivity index is 1.32. The fourth-order valence-corrected chi connectivity index (χ4v) is 3.70. The van der Waals surface area contributed by atoms with Crippen LogP contribution in [0.1, 0.15) is 12.0 Å².